The molecule has 0 spiro atoms. The molecule has 2 aliphatic heterocycles. The lowest BCUT2D eigenvalue weighted by molar-refractivity contribution is -0.118. The first-order chi connectivity index (χ1) is 12.6. The van der Waals surface area contributed by atoms with E-state index >= 15 is 0 Å². The van der Waals surface area contributed by atoms with Gasteiger partial charge in [-0.1, -0.05) is 30.3 Å². The highest BCUT2D eigenvalue weighted by molar-refractivity contribution is 5.99. The van der Waals surface area contributed by atoms with Gasteiger partial charge in [0.15, 0.2) is 6.61 Å². The third-order valence-corrected chi connectivity index (χ3v) is 4.89. The van der Waals surface area contributed by atoms with Crippen LogP contribution in [0.5, 0.6) is 5.75 Å². The van der Waals surface area contributed by atoms with Gasteiger partial charge in [0.05, 0.1) is 11.7 Å². The zero-order valence-corrected chi connectivity index (χ0v) is 14.6. The summed E-state index contributed by atoms with van der Waals surface area (Å²) in [4.78, 5) is 28.8. The Labute approximate surface area is 152 Å². The average Bonchev–Trinajstić information content (AvgIpc) is 2.67. The van der Waals surface area contributed by atoms with E-state index in [9.17, 15) is 9.59 Å². The maximum absolute atomic E-state index is 13.2. The molecule has 26 heavy (non-hydrogen) atoms. The second-order valence-electron chi connectivity index (χ2n) is 6.74. The number of amides is 2. The summed E-state index contributed by atoms with van der Waals surface area (Å²) >= 11 is 0. The van der Waals surface area contributed by atoms with Crippen molar-refractivity contribution in [3.63, 3.8) is 0 Å². The van der Waals surface area contributed by atoms with E-state index in [1.807, 2.05) is 23.1 Å². The Morgan fingerprint density at radius 3 is 2.77 bits per heavy atom. The van der Waals surface area contributed by atoms with Gasteiger partial charge in [-0.25, -0.2) is 0 Å². The zero-order chi connectivity index (χ0) is 18.1. The number of fused-ring (bicyclic) bond motifs is 1. The van der Waals surface area contributed by atoms with Gasteiger partial charge in [0, 0.05) is 25.2 Å². The fourth-order valence-electron chi connectivity index (χ4n) is 3.50. The van der Waals surface area contributed by atoms with Crippen LogP contribution in [0.2, 0.25) is 0 Å². The molecule has 0 aliphatic carbocycles. The van der Waals surface area contributed by atoms with E-state index in [0.29, 0.717) is 23.5 Å². The van der Waals surface area contributed by atoms with Crippen molar-refractivity contribution in [2.45, 2.75) is 6.04 Å². The second-order valence-corrected chi connectivity index (χ2v) is 6.74. The molecule has 2 aromatic rings. The largest absolute Gasteiger partial charge is 0.482 e. The van der Waals surface area contributed by atoms with Crippen LogP contribution < -0.4 is 10.1 Å². The van der Waals surface area contributed by atoms with E-state index in [1.54, 1.807) is 18.2 Å². The molecule has 0 aromatic heterocycles. The van der Waals surface area contributed by atoms with Gasteiger partial charge in [0.25, 0.3) is 11.8 Å². The predicted octanol–water partition coefficient (Wildman–Crippen LogP) is 2.15. The fourth-order valence-corrected chi connectivity index (χ4v) is 3.50. The van der Waals surface area contributed by atoms with E-state index in [1.165, 1.54) is 0 Å². The Morgan fingerprint density at radius 2 is 1.96 bits per heavy atom. The quantitative estimate of drug-likeness (QED) is 0.901. The van der Waals surface area contributed by atoms with Gasteiger partial charge >= 0.3 is 0 Å². The minimum absolute atomic E-state index is 0.0131. The number of hydrogen-bond donors (Lipinski definition) is 1. The van der Waals surface area contributed by atoms with Gasteiger partial charge in [0.2, 0.25) is 0 Å². The summed E-state index contributed by atoms with van der Waals surface area (Å²) in [6, 6.07) is 15.3. The lowest BCUT2D eigenvalue weighted by Crippen LogP contribution is -2.49. The normalized spacial score (nSPS) is 20.1. The van der Waals surface area contributed by atoms with Gasteiger partial charge in [-0.2, -0.15) is 0 Å². The molecule has 134 valence electrons. The van der Waals surface area contributed by atoms with Crippen molar-refractivity contribution in [3.8, 4) is 5.75 Å². The minimum atomic E-state index is -0.181. The average molecular weight is 351 g/mol. The Kier molecular flexibility index (Phi) is 4.34. The van der Waals surface area contributed by atoms with Crippen molar-refractivity contribution in [3.05, 3.63) is 59.7 Å². The lowest BCUT2D eigenvalue weighted by atomic mass is 10.0. The van der Waals surface area contributed by atoms with E-state index in [2.05, 4.69) is 29.4 Å². The minimum Gasteiger partial charge on any atom is -0.482 e. The molecule has 0 bridgehead atoms. The number of nitrogens with one attached hydrogen (secondary N) is 1. The first kappa shape index (κ1) is 16.6. The van der Waals surface area contributed by atoms with Crippen LogP contribution in [0.25, 0.3) is 0 Å². The van der Waals surface area contributed by atoms with Crippen LogP contribution in [-0.4, -0.2) is 54.9 Å². The molecule has 2 heterocycles. The van der Waals surface area contributed by atoms with E-state index < -0.39 is 0 Å². The molecule has 2 aromatic carbocycles. The predicted molar refractivity (Wildman–Crippen MR) is 98.3 cm³/mol. The summed E-state index contributed by atoms with van der Waals surface area (Å²) in [6.07, 6.45) is 0. The molecule has 6 heteroatoms. The van der Waals surface area contributed by atoms with Crippen LogP contribution >= 0.6 is 0 Å². The third kappa shape index (κ3) is 3.15. The molecule has 2 amide bonds. The number of anilines is 1. The highest BCUT2D eigenvalue weighted by atomic mass is 16.5. The topological polar surface area (TPSA) is 61.9 Å². The molecule has 2 aliphatic rings. The van der Waals surface area contributed by atoms with Crippen LogP contribution in [0.3, 0.4) is 0 Å². The summed E-state index contributed by atoms with van der Waals surface area (Å²) in [7, 11) is 2.08. The number of ether oxygens (including phenoxy) is 1. The van der Waals surface area contributed by atoms with E-state index in [0.717, 1.165) is 18.7 Å². The molecule has 1 fully saturated rings. The fraction of sp³-hybridized carbons (Fsp3) is 0.300. The molecular weight excluding hydrogens is 330 g/mol. The SMILES string of the molecule is CN1CCN(C(=O)c2ccc3c(c2)OCC(=O)N3)[C@@H](c2ccccc2)C1. The van der Waals surface area contributed by atoms with Crippen molar-refractivity contribution in [1.29, 1.82) is 0 Å². The Balaban J connectivity index is 1.62. The van der Waals surface area contributed by atoms with E-state index in [-0.39, 0.29) is 24.5 Å². The van der Waals surface area contributed by atoms with Gasteiger partial charge in [-0.05, 0) is 30.8 Å². The monoisotopic (exact) mass is 351 g/mol. The number of carbonyl (C=O) groups excluding carboxylic acids is 2. The summed E-state index contributed by atoms with van der Waals surface area (Å²) in [6.45, 7) is 2.29. The smallest absolute Gasteiger partial charge is 0.262 e. The second kappa shape index (κ2) is 6.80. The number of rotatable bonds is 2. The molecule has 6 nitrogen and oxygen atoms in total. The first-order valence-corrected chi connectivity index (χ1v) is 8.73. The lowest BCUT2D eigenvalue weighted by Gasteiger charge is -2.40. The standard InChI is InChI=1S/C20H21N3O3/c1-22-9-10-23(17(12-22)14-5-3-2-4-6-14)20(25)15-7-8-16-18(11-15)26-13-19(24)21-16/h2-8,11,17H,9-10,12-13H2,1H3,(H,21,24)/t17-/m1/s1. The van der Waals surface area contributed by atoms with Crippen molar-refractivity contribution < 1.29 is 14.3 Å². The Morgan fingerprint density at radius 1 is 1.15 bits per heavy atom. The van der Waals surface area contributed by atoms with Crippen LogP contribution in [0.4, 0.5) is 5.69 Å². The maximum atomic E-state index is 13.2. The van der Waals surface area contributed by atoms with Gasteiger partial charge in [-0.15, -0.1) is 0 Å². The molecular formula is C20H21N3O3. The third-order valence-electron chi connectivity index (χ3n) is 4.89. The molecule has 0 saturated carbocycles. The van der Waals surface area contributed by atoms with Crippen LogP contribution in [-0.2, 0) is 4.79 Å². The summed E-state index contributed by atoms with van der Waals surface area (Å²) < 4.78 is 5.45. The number of likely N-dealkylation sites (N-methyl/N-ethyl adjacent to an activating group) is 1. The van der Waals surface area contributed by atoms with Gasteiger partial charge < -0.3 is 19.9 Å². The number of piperazine rings is 1. The van der Waals surface area contributed by atoms with Gasteiger partial charge in [-0.3, -0.25) is 9.59 Å². The molecule has 4 rings (SSSR count). The molecule has 1 N–H and O–H groups in total. The van der Waals surface area contributed by atoms with Crippen LogP contribution in [0.1, 0.15) is 22.0 Å². The highest BCUT2D eigenvalue weighted by Gasteiger charge is 2.31. The van der Waals surface area contributed by atoms with E-state index in [4.69, 9.17) is 4.74 Å². The number of hydrogen-bond acceptors (Lipinski definition) is 4. The van der Waals surface area contributed by atoms with Crippen molar-refractivity contribution >= 4 is 17.5 Å². The summed E-state index contributed by atoms with van der Waals surface area (Å²) in [5.41, 5.74) is 2.31. The number of nitrogens with zero attached hydrogens (tertiary/aromatic N) is 2. The van der Waals surface area contributed by atoms with Crippen molar-refractivity contribution in [1.82, 2.24) is 9.80 Å². The van der Waals surface area contributed by atoms with Crippen LogP contribution in [0, 0.1) is 0 Å². The number of benzene rings is 2. The Hall–Kier alpha value is -2.86. The summed E-state index contributed by atoms with van der Waals surface area (Å²) in [5.74, 6) is 0.343. The Bertz CT molecular complexity index is 837. The molecule has 0 unspecified atom stereocenters. The maximum Gasteiger partial charge on any atom is 0.262 e. The molecule has 1 saturated heterocycles. The van der Waals surface area contributed by atoms with Crippen LogP contribution in [0.15, 0.2) is 48.5 Å². The number of carbonyl (C=O) groups is 2. The zero-order valence-electron chi connectivity index (χ0n) is 14.6. The highest BCUT2D eigenvalue weighted by Crippen LogP contribution is 2.31. The molecule has 0 radical (unpaired) electrons. The molecule has 1 atom stereocenters. The van der Waals surface area contributed by atoms with Crippen molar-refractivity contribution in [2.24, 2.45) is 0 Å². The van der Waals surface area contributed by atoms with Crippen molar-refractivity contribution in [2.75, 3.05) is 38.6 Å². The first-order valence-electron chi connectivity index (χ1n) is 8.73. The van der Waals surface area contributed by atoms with Gasteiger partial charge in [0.1, 0.15) is 5.75 Å². The summed E-state index contributed by atoms with van der Waals surface area (Å²) in [5, 5.41) is 2.75.